The maximum atomic E-state index is 14.7. The zero-order valence-electron chi connectivity index (χ0n) is 19.0. The monoisotopic (exact) mass is 490 g/mol. The Morgan fingerprint density at radius 1 is 1.17 bits per heavy atom. The van der Waals surface area contributed by atoms with Crippen LogP contribution in [-0.2, 0) is 17.3 Å². The molecule has 0 bridgehead atoms. The average molecular weight is 490 g/mol. The highest BCUT2D eigenvalue weighted by molar-refractivity contribution is 5.92. The molecule has 0 unspecified atom stereocenters. The number of pyridine rings is 1. The van der Waals surface area contributed by atoms with E-state index in [1.54, 1.807) is 18.3 Å². The van der Waals surface area contributed by atoms with Gasteiger partial charge in [0.15, 0.2) is 5.82 Å². The van der Waals surface area contributed by atoms with E-state index in [-0.39, 0.29) is 11.8 Å². The van der Waals surface area contributed by atoms with Crippen LogP contribution in [0.2, 0.25) is 0 Å². The van der Waals surface area contributed by atoms with Crippen LogP contribution in [0.3, 0.4) is 0 Å². The fourth-order valence-corrected chi connectivity index (χ4v) is 4.29. The van der Waals surface area contributed by atoms with Gasteiger partial charge in [-0.2, -0.15) is 18.3 Å². The summed E-state index contributed by atoms with van der Waals surface area (Å²) in [5.74, 6) is -1.62. The van der Waals surface area contributed by atoms with Gasteiger partial charge < -0.3 is 9.47 Å². The third-order valence-corrected chi connectivity index (χ3v) is 6.29. The number of fused-ring (bicyclic) bond motifs is 1. The zero-order chi connectivity index (χ0) is 24.9. The second-order valence-electron chi connectivity index (χ2n) is 8.72. The Morgan fingerprint density at radius 2 is 1.94 bits per heavy atom. The fourth-order valence-electron chi connectivity index (χ4n) is 4.29. The molecule has 1 aromatic carbocycles. The number of ether oxygens (including phenoxy) is 2. The lowest BCUT2D eigenvalue weighted by Gasteiger charge is -2.35. The van der Waals surface area contributed by atoms with Crippen LogP contribution in [0.1, 0.15) is 43.4 Å². The molecule has 1 aliphatic carbocycles. The molecule has 5 rings (SSSR count). The molecule has 1 fully saturated rings. The van der Waals surface area contributed by atoms with Crippen LogP contribution in [0.15, 0.2) is 36.8 Å². The predicted octanol–water partition coefficient (Wildman–Crippen LogP) is 6.14. The van der Waals surface area contributed by atoms with Crippen molar-refractivity contribution in [1.29, 1.82) is 0 Å². The molecule has 1 amide bonds. The van der Waals surface area contributed by atoms with Crippen molar-refractivity contribution in [3.05, 3.63) is 53.7 Å². The molecule has 3 heterocycles. The summed E-state index contributed by atoms with van der Waals surface area (Å²) in [6.07, 6.45) is 1.87. The predicted molar refractivity (Wildman–Crippen MR) is 118 cm³/mol. The van der Waals surface area contributed by atoms with Gasteiger partial charge in [0.05, 0.1) is 30.6 Å². The van der Waals surface area contributed by atoms with Crippen molar-refractivity contribution in [3.63, 3.8) is 0 Å². The van der Waals surface area contributed by atoms with Crippen molar-refractivity contribution in [1.82, 2.24) is 14.8 Å². The molecule has 1 aliphatic heterocycles. The Kier molecular flexibility index (Phi) is 5.65. The van der Waals surface area contributed by atoms with Gasteiger partial charge in [-0.15, -0.1) is 0 Å². The first-order valence-corrected chi connectivity index (χ1v) is 11.2. The van der Waals surface area contributed by atoms with Crippen molar-refractivity contribution in [2.75, 3.05) is 12.0 Å². The minimum atomic E-state index is -4.74. The number of amides is 1. The van der Waals surface area contributed by atoms with Gasteiger partial charge in [0.2, 0.25) is 0 Å². The van der Waals surface area contributed by atoms with Gasteiger partial charge in [0, 0.05) is 35.1 Å². The molecule has 35 heavy (non-hydrogen) atoms. The molecule has 2 aliphatic rings. The van der Waals surface area contributed by atoms with Crippen LogP contribution < -0.4 is 9.64 Å². The Labute approximate surface area is 198 Å². The van der Waals surface area contributed by atoms with E-state index in [0.717, 1.165) is 12.8 Å². The summed E-state index contributed by atoms with van der Waals surface area (Å²) < 4.78 is 66.3. The molecule has 1 atom stereocenters. The summed E-state index contributed by atoms with van der Waals surface area (Å²) in [6, 6.07) is 4.00. The SMILES string of the molecule is COC(=O)N1c2ccc(-c3cnn(C4CC4)c3)c(Oc3ncc(C(F)(F)F)cc3F)c2CC[C@@H]1C. The quantitative estimate of drug-likeness (QED) is 0.411. The van der Waals surface area contributed by atoms with Crippen molar-refractivity contribution in [2.24, 2.45) is 0 Å². The first-order valence-electron chi connectivity index (χ1n) is 11.2. The first kappa shape index (κ1) is 23.1. The highest BCUT2D eigenvalue weighted by atomic mass is 19.4. The van der Waals surface area contributed by atoms with Gasteiger partial charge >= 0.3 is 12.3 Å². The summed E-state index contributed by atoms with van der Waals surface area (Å²) in [7, 11) is 1.28. The van der Waals surface area contributed by atoms with Gasteiger partial charge in [-0.05, 0) is 50.8 Å². The van der Waals surface area contributed by atoms with Crippen LogP contribution in [0, 0.1) is 5.82 Å². The Bertz CT molecular complexity index is 1290. The standard InChI is InChI=1S/C24H22F4N4O3/c1-13-3-6-18-20(32(13)23(33)34-2)8-7-17(14-10-30-31(12-14)16-4-5-16)21(18)35-22-19(25)9-15(11-29-22)24(26,27)28/h7-13,16H,3-6H2,1-2H3/t13-/m0/s1. The maximum Gasteiger partial charge on any atom is 0.417 e. The number of methoxy groups -OCH3 is 1. The van der Waals surface area contributed by atoms with Crippen molar-refractivity contribution in [2.45, 2.75) is 50.9 Å². The van der Waals surface area contributed by atoms with E-state index < -0.39 is 29.5 Å². The highest BCUT2D eigenvalue weighted by Crippen LogP contribution is 2.46. The van der Waals surface area contributed by atoms with E-state index in [9.17, 15) is 22.4 Å². The van der Waals surface area contributed by atoms with Gasteiger partial charge in [0.1, 0.15) is 5.75 Å². The Balaban J connectivity index is 1.63. The number of aromatic nitrogens is 3. The molecule has 3 aromatic rings. The molecule has 0 N–H and O–H groups in total. The van der Waals surface area contributed by atoms with E-state index in [1.165, 1.54) is 12.0 Å². The second kappa shape index (κ2) is 8.54. The number of halogens is 4. The lowest BCUT2D eigenvalue weighted by molar-refractivity contribution is -0.138. The lowest BCUT2D eigenvalue weighted by atomic mass is 9.92. The van der Waals surface area contributed by atoms with E-state index in [4.69, 9.17) is 9.47 Å². The Hall–Kier alpha value is -3.63. The van der Waals surface area contributed by atoms with Crippen molar-refractivity contribution >= 4 is 11.8 Å². The van der Waals surface area contributed by atoms with Crippen LogP contribution in [0.4, 0.5) is 28.0 Å². The number of alkyl halides is 3. The summed E-state index contributed by atoms with van der Waals surface area (Å²) in [5, 5.41) is 4.40. The van der Waals surface area contributed by atoms with Crippen LogP contribution in [-0.4, -0.2) is 34.0 Å². The van der Waals surface area contributed by atoms with Gasteiger partial charge in [-0.3, -0.25) is 9.58 Å². The normalized spacial score (nSPS) is 17.8. The lowest BCUT2D eigenvalue weighted by Crippen LogP contribution is -2.42. The molecule has 0 radical (unpaired) electrons. The summed E-state index contributed by atoms with van der Waals surface area (Å²) >= 11 is 0. The molecule has 1 saturated carbocycles. The van der Waals surface area contributed by atoms with Crippen LogP contribution in [0.25, 0.3) is 11.1 Å². The maximum absolute atomic E-state index is 14.7. The van der Waals surface area contributed by atoms with Gasteiger partial charge in [0.25, 0.3) is 5.88 Å². The van der Waals surface area contributed by atoms with Crippen LogP contribution in [0.5, 0.6) is 11.6 Å². The third-order valence-electron chi connectivity index (χ3n) is 6.29. The van der Waals surface area contributed by atoms with E-state index >= 15 is 0 Å². The minimum absolute atomic E-state index is 0.160. The fraction of sp³-hybridized carbons (Fsp3) is 0.375. The molecule has 2 aromatic heterocycles. The third kappa shape index (κ3) is 4.30. The van der Waals surface area contributed by atoms with Crippen LogP contribution >= 0.6 is 0 Å². The summed E-state index contributed by atoms with van der Waals surface area (Å²) in [4.78, 5) is 17.6. The molecular weight excluding hydrogens is 468 g/mol. The zero-order valence-corrected chi connectivity index (χ0v) is 19.0. The molecule has 184 valence electrons. The number of hydrogen-bond acceptors (Lipinski definition) is 5. The minimum Gasteiger partial charge on any atom is -0.452 e. The molecule has 0 saturated heterocycles. The van der Waals surface area contributed by atoms with Crippen molar-refractivity contribution < 1.29 is 31.8 Å². The molecule has 7 nitrogen and oxygen atoms in total. The highest BCUT2D eigenvalue weighted by Gasteiger charge is 2.35. The number of carbonyl (C=O) groups excluding carboxylic acids is 1. The molecule has 11 heteroatoms. The number of nitrogens with zero attached hydrogens (tertiary/aromatic N) is 4. The van der Waals surface area contributed by atoms with E-state index in [1.807, 2.05) is 17.8 Å². The topological polar surface area (TPSA) is 69.5 Å². The molecule has 0 spiro atoms. The first-order chi connectivity index (χ1) is 16.7. The number of hydrogen-bond donors (Lipinski definition) is 0. The number of anilines is 1. The summed E-state index contributed by atoms with van der Waals surface area (Å²) in [6.45, 7) is 1.88. The largest absolute Gasteiger partial charge is 0.452 e. The smallest absolute Gasteiger partial charge is 0.417 e. The van der Waals surface area contributed by atoms with Crippen molar-refractivity contribution in [3.8, 4) is 22.8 Å². The summed E-state index contributed by atoms with van der Waals surface area (Å²) in [5.41, 5.74) is 1.18. The number of benzene rings is 1. The number of rotatable bonds is 4. The number of carbonyl (C=O) groups is 1. The van der Waals surface area contributed by atoms with E-state index in [0.29, 0.717) is 53.5 Å². The second-order valence-corrected chi connectivity index (χ2v) is 8.72. The van der Waals surface area contributed by atoms with Gasteiger partial charge in [-0.1, -0.05) is 0 Å². The van der Waals surface area contributed by atoms with Gasteiger partial charge in [-0.25, -0.2) is 14.2 Å². The average Bonchev–Trinajstić information content (AvgIpc) is 3.56. The van der Waals surface area contributed by atoms with E-state index in [2.05, 4.69) is 10.1 Å². The molecular formula is C24H22F4N4O3. The Morgan fingerprint density at radius 3 is 2.60 bits per heavy atom.